The van der Waals surface area contributed by atoms with E-state index in [0.29, 0.717) is 13.2 Å². The normalized spacial score (nSPS) is 28.3. The number of rotatable bonds is 1. The minimum absolute atomic E-state index is 0.232. The second-order valence-electron chi connectivity index (χ2n) is 4.98. The van der Waals surface area contributed by atoms with Crippen molar-refractivity contribution < 1.29 is 14.3 Å². The van der Waals surface area contributed by atoms with Crippen LogP contribution in [0.3, 0.4) is 0 Å². The molecule has 0 aromatic carbocycles. The molecule has 88 valence electrons. The molecule has 0 saturated carbocycles. The van der Waals surface area contributed by atoms with Crippen LogP contribution in [-0.2, 0) is 14.3 Å². The van der Waals surface area contributed by atoms with Crippen LogP contribution in [0, 0.1) is 5.41 Å². The van der Waals surface area contributed by atoms with Crippen molar-refractivity contribution in [2.24, 2.45) is 5.41 Å². The molecular formula is C11H21NO3. The Morgan fingerprint density at radius 2 is 2.13 bits per heavy atom. The van der Waals surface area contributed by atoms with Gasteiger partial charge in [0.25, 0.3) is 0 Å². The van der Waals surface area contributed by atoms with Gasteiger partial charge in [-0.1, -0.05) is 20.8 Å². The Kier molecular flexibility index (Phi) is 3.73. The van der Waals surface area contributed by atoms with E-state index in [1.807, 2.05) is 20.8 Å². The van der Waals surface area contributed by atoms with Gasteiger partial charge in [0.2, 0.25) is 0 Å². The summed E-state index contributed by atoms with van der Waals surface area (Å²) in [5.41, 5.74) is -0.956. The zero-order valence-electron chi connectivity index (χ0n) is 10.1. The van der Waals surface area contributed by atoms with E-state index in [-0.39, 0.29) is 11.4 Å². The van der Waals surface area contributed by atoms with Crippen LogP contribution in [0.2, 0.25) is 0 Å². The van der Waals surface area contributed by atoms with Crippen LogP contribution in [-0.4, -0.2) is 38.4 Å². The van der Waals surface area contributed by atoms with Crippen molar-refractivity contribution in [1.82, 2.24) is 5.32 Å². The van der Waals surface area contributed by atoms with Gasteiger partial charge in [0.15, 0.2) is 0 Å². The molecule has 1 saturated heterocycles. The Hall–Kier alpha value is -0.610. The van der Waals surface area contributed by atoms with E-state index in [1.54, 1.807) is 0 Å². The van der Waals surface area contributed by atoms with Crippen LogP contribution in [0.25, 0.3) is 0 Å². The lowest BCUT2D eigenvalue weighted by Gasteiger charge is -2.41. The van der Waals surface area contributed by atoms with Gasteiger partial charge < -0.3 is 9.47 Å². The highest BCUT2D eigenvalue weighted by molar-refractivity contribution is 5.82. The molecule has 0 amide bonds. The minimum atomic E-state index is -0.724. The van der Waals surface area contributed by atoms with E-state index in [0.717, 1.165) is 13.0 Å². The molecule has 1 aliphatic heterocycles. The largest absolute Gasteiger partial charge is 0.468 e. The van der Waals surface area contributed by atoms with E-state index < -0.39 is 5.54 Å². The Balaban J connectivity index is 2.98. The molecule has 1 unspecified atom stereocenters. The molecule has 1 atom stereocenters. The van der Waals surface area contributed by atoms with Gasteiger partial charge in [0.05, 0.1) is 13.7 Å². The van der Waals surface area contributed by atoms with Gasteiger partial charge in [0.1, 0.15) is 5.54 Å². The monoisotopic (exact) mass is 215 g/mol. The van der Waals surface area contributed by atoms with Crippen molar-refractivity contribution in [2.45, 2.75) is 32.7 Å². The number of esters is 1. The summed E-state index contributed by atoms with van der Waals surface area (Å²) in [7, 11) is 1.42. The predicted octanol–water partition coefficient (Wildman–Crippen LogP) is 0.954. The van der Waals surface area contributed by atoms with E-state index >= 15 is 0 Å². The molecule has 0 aromatic heterocycles. The van der Waals surface area contributed by atoms with Crippen molar-refractivity contribution in [3.8, 4) is 0 Å². The lowest BCUT2D eigenvalue weighted by molar-refractivity contribution is -0.157. The first-order valence-corrected chi connectivity index (χ1v) is 5.35. The van der Waals surface area contributed by atoms with Crippen LogP contribution >= 0.6 is 0 Å². The Labute approximate surface area is 91.3 Å². The summed E-state index contributed by atoms with van der Waals surface area (Å²) in [5, 5.41) is 3.29. The average molecular weight is 215 g/mol. The maximum Gasteiger partial charge on any atom is 0.329 e. The molecule has 1 heterocycles. The molecule has 0 aromatic rings. The number of carbonyl (C=O) groups is 1. The van der Waals surface area contributed by atoms with Gasteiger partial charge in [0, 0.05) is 6.61 Å². The van der Waals surface area contributed by atoms with Crippen LogP contribution in [0.15, 0.2) is 0 Å². The van der Waals surface area contributed by atoms with E-state index in [2.05, 4.69) is 5.32 Å². The first-order valence-electron chi connectivity index (χ1n) is 5.35. The predicted molar refractivity (Wildman–Crippen MR) is 57.6 cm³/mol. The molecule has 0 radical (unpaired) electrons. The zero-order valence-corrected chi connectivity index (χ0v) is 10.1. The Morgan fingerprint density at radius 3 is 2.67 bits per heavy atom. The third-order valence-corrected chi connectivity index (χ3v) is 3.02. The molecule has 1 aliphatic rings. The van der Waals surface area contributed by atoms with Crippen molar-refractivity contribution in [1.29, 1.82) is 0 Å². The van der Waals surface area contributed by atoms with Crippen molar-refractivity contribution in [3.63, 3.8) is 0 Å². The molecule has 1 N–H and O–H groups in total. The average Bonchev–Trinajstić information content (AvgIpc) is 2.41. The third kappa shape index (κ3) is 2.32. The molecule has 0 spiro atoms. The molecular weight excluding hydrogens is 194 g/mol. The fraction of sp³-hybridized carbons (Fsp3) is 0.909. The topological polar surface area (TPSA) is 47.6 Å². The minimum Gasteiger partial charge on any atom is -0.468 e. The molecule has 0 aliphatic carbocycles. The van der Waals surface area contributed by atoms with Crippen LogP contribution < -0.4 is 5.32 Å². The fourth-order valence-corrected chi connectivity index (χ4v) is 1.85. The summed E-state index contributed by atoms with van der Waals surface area (Å²) >= 11 is 0. The molecule has 4 heteroatoms. The standard InChI is InChI=1S/C11H21NO3/c1-10(2,3)11(9(13)14-4)8-15-7-5-6-12-11/h12H,5-8H2,1-4H3. The number of nitrogens with one attached hydrogen (secondary N) is 1. The highest BCUT2D eigenvalue weighted by Gasteiger charge is 2.50. The van der Waals surface area contributed by atoms with Gasteiger partial charge >= 0.3 is 5.97 Å². The highest BCUT2D eigenvalue weighted by atomic mass is 16.5. The van der Waals surface area contributed by atoms with Crippen LogP contribution in [0.5, 0.6) is 0 Å². The van der Waals surface area contributed by atoms with Crippen LogP contribution in [0.4, 0.5) is 0 Å². The SMILES string of the molecule is COC(=O)C1(C(C)(C)C)COCCCN1. The number of hydrogen-bond donors (Lipinski definition) is 1. The smallest absolute Gasteiger partial charge is 0.329 e. The molecule has 15 heavy (non-hydrogen) atoms. The third-order valence-electron chi connectivity index (χ3n) is 3.02. The van der Waals surface area contributed by atoms with E-state index in [1.165, 1.54) is 7.11 Å². The Morgan fingerprint density at radius 1 is 1.47 bits per heavy atom. The van der Waals surface area contributed by atoms with Crippen molar-refractivity contribution in [2.75, 3.05) is 26.9 Å². The quantitative estimate of drug-likeness (QED) is 0.662. The number of hydrogen-bond acceptors (Lipinski definition) is 4. The summed E-state index contributed by atoms with van der Waals surface area (Å²) in [6, 6.07) is 0. The maximum absolute atomic E-state index is 11.9. The van der Waals surface area contributed by atoms with Crippen molar-refractivity contribution >= 4 is 5.97 Å². The summed E-state index contributed by atoms with van der Waals surface area (Å²) in [6.45, 7) is 7.92. The number of carbonyl (C=O) groups excluding carboxylic acids is 1. The molecule has 1 rings (SSSR count). The van der Waals surface area contributed by atoms with E-state index in [9.17, 15) is 4.79 Å². The van der Waals surface area contributed by atoms with E-state index in [4.69, 9.17) is 9.47 Å². The summed E-state index contributed by atoms with van der Waals surface area (Å²) in [4.78, 5) is 11.9. The van der Waals surface area contributed by atoms with Crippen LogP contribution in [0.1, 0.15) is 27.2 Å². The first-order chi connectivity index (χ1) is 6.94. The van der Waals surface area contributed by atoms with Gasteiger partial charge in [-0.2, -0.15) is 0 Å². The lowest BCUT2D eigenvalue weighted by atomic mass is 9.74. The second-order valence-corrected chi connectivity index (χ2v) is 4.98. The second kappa shape index (κ2) is 4.49. The highest BCUT2D eigenvalue weighted by Crippen LogP contribution is 2.32. The summed E-state index contributed by atoms with van der Waals surface area (Å²) < 4.78 is 10.4. The zero-order chi connectivity index (χ0) is 11.5. The van der Waals surface area contributed by atoms with Gasteiger partial charge in [-0.05, 0) is 18.4 Å². The lowest BCUT2D eigenvalue weighted by Crippen LogP contribution is -2.63. The Bertz CT molecular complexity index is 224. The molecule has 1 fully saturated rings. The molecule has 4 nitrogen and oxygen atoms in total. The fourth-order valence-electron chi connectivity index (χ4n) is 1.85. The summed E-state index contributed by atoms with van der Waals surface area (Å²) in [6.07, 6.45) is 0.925. The van der Waals surface area contributed by atoms with Gasteiger partial charge in [-0.15, -0.1) is 0 Å². The number of methoxy groups -OCH3 is 1. The maximum atomic E-state index is 11.9. The number of ether oxygens (including phenoxy) is 2. The summed E-state index contributed by atoms with van der Waals surface area (Å²) in [5.74, 6) is -0.239. The van der Waals surface area contributed by atoms with Crippen molar-refractivity contribution in [3.05, 3.63) is 0 Å². The van der Waals surface area contributed by atoms with Gasteiger partial charge in [-0.25, -0.2) is 4.79 Å². The molecule has 0 bridgehead atoms. The van der Waals surface area contributed by atoms with Gasteiger partial charge in [-0.3, -0.25) is 5.32 Å². The first kappa shape index (κ1) is 12.5.